The van der Waals surface area contributed by atoms with Gasteiger partial charge in [0.25, 0.3) is 5.91 Å². The van der Waals surface area contributed by atoms with Gasteiger partial charge in [-0.15, -0.1) is 0 Å². The van der Waals surface area contributed by atoms with Crippen molar-refractivity contribution in [3.8, 4) is 0 Å². The van der Waals surface area contributed by atoms with Crippen LogP contribution in [0.25, 0.3) is 0 Å². The third-order valence-electron chi connectivity index (χ3n) is 4.21. The van der Waals surface area contributed by atoms with E-state index in [2.05, 4.69) is 0 Å². The summed E-state index contributed by atoms with van der Waals surface area (Å²) in [7, 11) is 0. The summed E-state index contributed by atoms with van der Waals surface area (Å²) < 4.78 is 0. The first-order valence-corrected chi connectivity index (χ1v) is 7.89. The lowest BCUT2D eigenvalue weighted by Gasteiger charge is -2.22. The van der Waals surface area contributed by atoms with Crippen molar-refractivity contribution in [1.82, 2.24) is 0 Å². The topological polar surface area (TPSA) is 57.6 Å². The molecule has 0 radical (unpaired) electrons. The number of nitrogens with zero attached hydrogens (tertiary/aromatic N) is 1. The lowest BCUT2D eigenvalue weighted by atomic mass is 9.90. The number of carbonyl (C=O) groups excluding carboxylic acids is 2. The highest BCUT2D eigenvalue weighted by molar-refractivity contribution is 6.09. The van der Waals surface area contributed by atoms with Gasteiger partial charge in [-0.1, -0.05) is 54.6 Å². The first-order valence-electron chi connectivity index (χ1n) is 7.89. The van der Waals surface area contributed by atoms with E-state index in [-0.39, 0.29) is 12.2 Å². The Balaban J connectivity index is 1.98. The fourth-order valence-electron chi connectivity index (χ4n) is 3.10. The molecule has 1 atom stereocenters. The molecule has 1 aliphatic heterocycles. The van der Waals surface area contributed by atoms with E-state index in [0.717, 1.165) is 5.56 Å². The molecule has 0 fully saturated rings. The van der Waals surface area contributed by atoms with Gasteiger partial charge in [0, 0.05) is 5.56 Å². The van der Waals surface area contributed by atoms with E-state index in [9.17, 15) is 14.7 Å². The number of fused-ring (bicyclic) bond motifs is 1. The van der Waals surface area contributed by atoms with E-state index in [1.165, 1.54) is 6.08 Å². The Hall–Kier alpha value is -2.72. The van der Waals surface area contributed by atoms with Gasteiger partial charge in [0.1, 0.15) is 0 Å². The first kappa shape index (κ1) is 16.1. The van der Waals surface area contributed by atoms with Crippen LogP contribution in [0, 0.1) is 0 Å². The molecule has 122 valence electrons. The number of anilines is 1. The molecular weight excluding hydrogens is 302 g/mol. The highest BCUT2D eigenvalue weighted by Crippen LogP contribution is 2.43. The molecule has 4 nitrogen and oxygen atoms in total. The number of allylic oxidation sites excluding steroid dienone is 2. The third kappa shape index (κ3) is 2.76. The van der Waals surface area contributed by atoms with Gasteiger partial charge in [0.2, 0.25) is 0 Å². The second-order valence-corrected chi connectivity index (χ2v) is 5.90. The maximum Gasteiger partial charge on any atom is 0.264 e. The van der Waals surface area contributed by atoms with Crippen LogP contribution < -0.4 is 4.90 Å². The predicted molar refractivity (Wildman–Crippen MR) is 92.4 cm³/mol. The van der Waals surface area contributed by atoms with Crippen LogP contribution >= 0.6 is 0 Å². The van der Waals surface area contributed by atoms with Gasteiger partial charge in [-0.2, -0.15) is 0 Å². The summed E-state index contributed by atoms with van der Waals surface area (Å²) in [4.78, 5) is 26.5. The van der Waals surface area contributed by atoms with Gasteiger partial charge in [0.15, 0.2) is 11.4 Å². The molecule has 2 aromatic carbocycles. The molecule has 0 saturated carbocycles. The Morgan fingerprint density at radius 2 is 1.79 bits per heavy atom. The summed E-state index contributed by atoms with van der Waals surface area (Å²) >= 11 is 0. The van der Waals surface area contributed by atoms with Crippen LogP contribution in [0.4, 0.5) is 5.69 Å². The van der Waals surface area contributed by atoms with Gasteiger partial charge in [0.05, 0.1) is 18.7 Å². The molecule has 0 spiro atoms. The zero-order valence-corrected chi connectivity index (χ0v) is 13.5. The number of hydrogen-bond acceptors (Lipinski definition) is 3. The smallest absolute Gasteiger partial charge is 0.264 e. The van der Waals surface area contributed by atoms with Crippen molar-refractivity contribution >= 4 is 17.4 Å². The van der Waals surface area contributed by atoms with Gasteiger partial charge < -0.3 is 10.0 Å². The molecule has 2 aromatic rings. The standard InChI is InChI=1S/C20H19NO3/c1-2-8-16(22)13-20(24)17-11-6-7-12-18(17)21(19(20)23)14-15-9-4-3-5-10-15/h2-12,24H,13-14H2,1H3/b8-2+. The summed E-state index contributed by atoms with van der Waals surface area (Å²) in [6, 6.07) is 16.7. The fraction of sp³-hybridized carbons (Fsp3) is 0.200. The Kier molecular flexibility index (Phi) is 4.32. The largest absolute Gasteiger partial charge is 0.375 e. The Bertz CT molecular complexity index is 798. The molecule has 1 unspecified atom stereocenters. The molecule has 0 aliphatic carbocycles. The highest BCUT2D eigenvalue weighted by atomic mass is 16.3. The summed E-state index contributed by atoms with van der Waals surface area (Å²) in [6.07, 6.45) is 2.74. The van der Waals surface area contributed by atoms with E-state index < -0.39 is 11.5 Å². The van der Waals surface area contributed by atoms with Crippen LogP contribution in [-0.2, 0) is 21.7 Å². The molecule has 0 aromatic heterocycles. The van der Waals surface area contributed by atoms with E-state index in [0.29, 0.717) is 17.8 Å². The van der Waals surface area contributed by atoms with E-state index in [1.54, 1.807) is 36.1 Å². The summed E-state index contributed by atoms with van der Waals surface area (Å²) in [5.41, 5.74) is 0.303. The summed E-state index contributed by atoms with van der Waals surface area (Å²) in [6.45, 7) is 2.09. The van der Waals surface area contributed by atoms with Crippen molar-refractivity contribution in [2.45, 2.75) is 25.5 Å². The molecule has 3 rings (SSSR count). The normalized spacial score (nSPS) is 19.8. The number of hydrogen-bond donors (Lipinski definition) is 1. The van der Waals surface area contributed by atoms with Gasteiger partial charge in [-0.05, 0) is 24.6 Å². The predicted octanol–water partition coefficient (Wildman–Crippen LogP) is 2.96. The number of amides is 1. The zero-order chi connectivity index (χ0) is 17.2. The maximum atomic E-state index is 12.9. The van der Waals surface area contributed by atoms with Crippen molar-refractivity contribution < 1.29 is 14.7 Å². The molecular formula is C20H19NO3. The SMILES string of the molecule is C/C=C/C(=O)CC1(O)C(=O)N(Cc2ccccc2)c2ccccc21. The van der Waals surface area contributed by atoms with E-state index >= 15 is 0 Å². The number of benzene rings is 2. The van der Waals surface area contributed by atoms with Crippen LogP contribution in [0.2, 0.25) is 0 Å². The average Bonchev–Trinajstić information content (AvgIpc) is 2.78. The van der Waals surface area contributed by atoms with Crippen LogP contribution in [-0.4, -0.2) is 16.8 Å². The van der Waals surface area contributed by atoms with Crippen molar-refractivity contribution in [3.63, 3.8) is 0 Å². The summed E-state index contributed by atoms with van der Waals surface area (Å²) in [5, 5.41) is 11.0. The molecule has 1 amide bonds. The van der Waals surface area contributed by atoms with Crippen molar-refractivity contribution in [2.75, 3.05) is 4.90 Å². The van der Waals surface area contributed by atoms with Gasteiger partial charge >= 0.3 is 0 Å². The minimum atomic E-state index is -1.80. The molecule has 24 heavy (non-hydrogen) atoms. The van der Waals surface area contributed by atoms with E-state index in [4.69, 9.17) is 0 Å². The van der Waals surface area contributed by atoms with Gasteiger partial charge in [-0.25, -0.2) is 0 Å². The van der Waals surface area contributed by atoms with E-state index in [1.807, 2.05) is 36.4 Å². The minimum Gasteiger partial charge on any atom is -0.375 e. The van der Waals surface area contributed by atoms with Crippen LogP contribution in [0.5, 0.6) is 0 Å². The molecule has 1 N–H and O–H groups in total. The molecule has 1 heterocycles. The van der Waals surface area contributed by atoms with Crippen LogP contribution in [0.1, 0.15) is 24.5 Å². The Morgan fingerprint density at radius 1 is 1.12 bits per heavy atom. The number of para-hydroxylation sites is 1. The Labute approximate surface area is 141 Å². The minimum absolute atomic E-state index is 0.252. The van der Waals surface area contributed by atoms with Crippen LogP contribution in [0.3, 0.4) is 0 Å². The lowest BCUT2D eigenvalue weighted by Crippen LogP contribution is -2.41. The van der Waals surface area contributed by atoms with Crippen molar-refractivity contribution in [3.05, 3.63) is 77.9 Å². The number of carbonyl (C=O) groups is 2. The number of aliphatic hydroxyl groups is 1. The molecule has 4 heteroatoms. The molecule has 0 saturated heterocycles. The second-order valence-electron chi connectivity index (χ2n) is 5.90. The first-order chi connectivity index (χ1) is 11.6. The zero-order valence-electron chi connectivity index (χ0n) is 13.5. The summed E-state index contributed by atoms with van der Waals surface area (Å²) in [5.74, 6) is -0.727. The van der Waals surface area contributed by atoms with Crippen molar-refractivity contribution in [2.24, 2.45) is 0 Å². The maximum absolute atomic E-state index is 12.9. The van der Waals surface area contributed by atoms with Crippen molar-refractivity contribution in [1.29, 1.82) is 0 Å². The van der Waals surface area contributed by atoms with Gasteiger partial charge in [-0.3, -0.25) is 9.59 Å². The third-order valence-corrected chi connectivity index (χ3v) is 4.21. The highest BCUT2D eigenvalue weighted by Gasteiger charge is 2.50. The number of rotatable bonds is 5. The monoisotopic (exact) mass is 321 g/mol. The average molecular weight is 321 g/mol. The molecule has 0 bridgehead atoms. The lowest BCUT2D eigenvalue weighted by molar-refractivity contribution is -0.140. The molecule has 1 aliphatic rings. The van der Waals surface area contributed by atoms with Crippen LogP contribution in [0.15, 0.2) is 66.7 Å². The second kappa shape index (κ2) is 6.42. The Morgan fingerprint density at radius 3 is 2.50 bits per heavy atom. The number of ketones is 1. The fourth-order valence-corrected chi connectivity index (χ4v) is 3.10. The quantitative estimate of drug-likeness (QED) is 0.861.